The summed E-state index contributed by atoms with van der Waals surface area (Å²) in [6, 6.07) is 124. The highest BCUT2D eigenvalue weighted by molar-refractivity contribution is 6.12. The minimum Gasteiger partial charge on any atom is -0.309 e. The summed E-state index contributed by atoms with van der Waals surface area (Å²) < 4.78 is 4.92. The third-order valence-corrected chi connectivity index (χ3v) is 24.5. The van der Waals surface area contributed by atoms with Crippen molar-refractivity contribution in [2.24, 2.45) is 0 Å². The zero-order chi connectivity index (χ0) is 69.6. The van der Waals surface area contributed by atoms with Gasteiger partial charge in [0.15, 0.2) is 0 Å². The van der Waals surface area contributed by atoms with Crippen LogP contribution < -0.4 is 0 Å². The van der Waals surface area contributed by atoms with E-state index in [9.17, 15) is 0 Å². The zero-order valence-electron chi connectivity index (χ0n) is 58.9. The average Bonchev–Trinajstić information content (AvgIpc) is 1.50. The topological polar surface area (TPSA) is 9.86 Å². The van der Waals surface area contributed by atoms with Crippen LogP contribution in [0.1, 0.15) is 94.5 Å². The summed E-state index contributed by atoms with van der Waals surface area (Å²) in [7, 11) is 0. The lowest BCUT2D eigenvalue weighted by molar-refractivity contribution is 0.660. The van der Waals surface area contributed by atoms with Gasteiger partial charge in [0.25, 0.3) is 0 Å². The lowest BCUT2D eigenvalue weighted by Gasteiger charge is -2.30. The Morgan fingerprint density at radius 3 is 0.962 bits per heavy atom. The maximum atomic E-state index is 2.47. The highest BCUT2D eigenvalue weighted by Gasteiger charge is 2.52. The Bertz CT molecular complexity index is 6490. The van der Waals surface area contributed by atoms with Crippen molar-refractivity contribution in [1.29, 1.82) is 0 Å². The van der Waals surface area contributed by atoms with Gasteiger partial charge in [-0.3, -0.25) is 0 Å². The van der Waals surface area contributed by atoms with E-state index in [1.807, 2.05) is 0 Å². The molecule has 0 atom stereocenters. The predicted molar refractivity (Wildman–Crippen MR) is 443 cm³/mol. The number of aromatic nitrogens is 2. The molecule has 0 saturated heterocycles. The molecule has 0 saturated carbocycles. The van der Waals surface area contributed by atoms with E-state index < -0.39 is 5.41 Å². The quantitative estimate of drug-likeness (QED) is 0.134. The Morgan fingerprint density at radius 1 is 0.210 bits per heavy atom. The molecule has 4 aliphatic carbocycles. The first-order chi connectivity index (χ1) is 51.5. The zero-order valence-corrected chi connectivity index (χ0v) is 58.9. The molecule has 0 radical (unpaired) electrons. The summed E-state index contributed by atoms with van der Waals surface area (Å²) in [4.78, 5) is 0. The molecule has 16 aromatic carbocycles. The summed E-state index contributed by atoms with van der Waals surface area (Å²) in [5, 5.41) is 9.92. The molecule has 0 unspecified atom stereocenters. The molecule has 0 aliphatic heterocycles. The summed E-state index contributed by atoms with van der Waals surface area (Å²) in [6.07, 6.45) is 9.19. The predicted octanol–water partition coefficient (Wildman–Crippen LogP) is 26.8. The van der Waals surface area contributed by atoms with Gasteiger partial charge in [-0.05, 0) is 252 Å². The van der Waals surface area contributed by atoms with E-state index in [1.165, 1.54) is 210 Å². The minimum absolute atomic E-state index is 0.0783. The van der Waals surface area contributed by atoms with Gasteiger partial charge in [0.2, 0.25) is 0 Å². The van der Waals surface area contributed by atoms with Crippen molar-refractivity contribution in [2.75, 3.05) is 0 Å². The third-order valence-electron chi connectivity index (χ3n) is 24.5. The van der Waals surface area contributed by atoms with E-state index in [4.69, 9.17) is 0 Å². The Kier molecular flexibility index (Phi) is 12.6. The van der Waals surface area contributed by atoms with Crippen molar-refractivity contribution in [3.05, 3.63) is 394 Å². The molecule has 105 heavy (non-hydrogen) atoms. The Hall–Kier alpha value is -12.9. The van der Waals surface area contributed by atoms with Gasteiger partial charge < -0.3 is 9.13 Å². The number of fused-ring (bicyclic) bond motifs is 24. The molecule has 1 spiro atoms. The normalized spacial score (nSPS) is 14.4. The van der Waals surface area contributed by atoms with Gasteiger partial charge in [-0.25, -0.2) is 0 Å². The lowest BCUT2D eigenvalue weighted by Crippen LogP contribution is -2.26. The Labute approximate surface area is 611 Å². The molecule has 4 aliphatic rings. The van der Waals surface area contributed by atoms with Gasteiger partial charge in [-0.2, -0.15) is 0 Å². The van der Waals surface area contributed by atoms with Gasteiger partial charge in [0, 0.05) is 43.7 Å². The molecular weight excluding hydrogens is 1270 g/mol. The van der Waals surface area contributed by atoms with Gasteiger partial charge in [-0.15, -0.1) is 0 Å². The second-order valence-electron chi connectivity index (χ2n) is 30.7. The molecule has 2 nitrogen and oxygen atoms in total. The maximum absolute atomic E-state index is 2.47. The number of hydrogen-bond donors (Lipinski definition) is 0. The molecule has 2 aromatic heterocycles. The molecule has 0 fully saturated rings. The number of rotatable bonds is 8. The van der Waals surface area contributed by atoms with E-state index in [2.05, 4.69) is 389 Å². The average molecular weight is 1340 g/mol. The molecule has 2 heteroatoms. The molecule has 492 valence electrons. The lowest BCUT2D eigenvalue weighted by atomic mass is 9.70. The summed E-state index contributed by atoms with van der Waals surface area (Å²) in [5.74, 6) is 0. The SMILES string of the molecule is CC1(C)c2ccccc2-c2ccc(-n3c4ccccc4c4cc(-c5ccc6cc(/C=C/c7ccc8c(c7)C7(c9ccccc9-c9ccccc97)c7cc(/C=C/c9ccc%10cc(-c%11ccc%12c(c%11)c%11ccccc%11n%12-c%11ccc%12c(c%11)C(C)(C)c%11ccccc%11-%12)ccc%10c9)ccc7-8)ccc6c5)ccc43)cc21. The summed E-state index contributed by atoms with van der Waals surface area (Å²) in [6.45, 7) is 9.46. The van der Waals surface area contributed by atoms with E-state index in [0.29, 0.717) is 0 Å². The highest BCUT2D eigenvalue weighted by atomic mass is 15.0. The van der Waals surface area contributed by atoms with Crippen molar-refractivity contribution in [1.82, 2.24) is 9.13 Å². The fourth-order valence-corrected chi connectivity index (χ4v) is 19.4. The van der Waals surface area contributed by atoms with Crippen LogP contribution in [0.3, 0.4) is 0 Å². The first-order valence-corrected chi connectivity index (χ1v) is 37.0. The van der Waals surface area contributed by atoms with Crippen LogP contribution in [0.15, 0.2) is 328 Å². The van der Waals surface area contributed by atoms with Gasteiger partial charge in [-0.1, -0.05) is 283 Å². The number of nitrogens with zero attached hydrogens (tertiary/aromatic N) is 2. The number of benzene rings is 16. The van der Waals surface area contributed by atoms with Crippen molar-refractivity contribution in [3.63, 3.8) is 0 Å². The second-order valence-corrected chi connectivity index (χ2v) is 30.7. The van der Waals surface area contributed by atoms with Crippen LogP contribution in [0, 0.1) is 0 Å². The van der Waals surface area contributed by atoms with Gasteiger partial charge >= 0.3 is 0 Å². The third kappa shape index (κ3) is 8.66. The van der Waals surface area contributed by atoms with Crippen LogP contribution in [0.2, 0.25) is 0 Å². The maximum Gasteiger partial charge on any atom is 0.0725 e. The fraction of sp³-hybridized carbons (Fsp3) is 0.0680. The fourth-order valence-electron chi connectivity index (χ4n) is 19.4. The molecular formula is C103H70N2. The van der Waals surface area contributed by atoms with Crippen LogP contribution >= 0.6 is 0 Å². The van der Waals surface area contributed by atoms with Crippen LogP contribution in [0.4, 0.5) is 0 Å². The minimum atomic E-state index is -0.490. The van der Waals surface area contributed by atoms with E-state index in [1.54, 1.807) is 0 Å². The monoisotopic (exact) mass is 1330 g/mol. The van der Waals surface area contributed by atoms with Crippen molar-refractivity contribution in [3.8, 4) is 78.1 Å². The largest absolute Gasteiger partial charge is 0.309 e. The van der Waals surface area contributed by atoms with Crippen LogP contribution in [-0.4, -0.2) is 9.13 Å². The Morgan fingerprint density at radius 2 is 0.514 bits per heavy atom. The van der Waals surface area contributed by atoms with Crippen LogP contribution in [0.5, 0.6) is 0 Å². The first-order valence-electron chi connectivity index (χ1n) is 37.0. The Balaban J connectivity index is 0.550. The summed E-state index contributed by atoms with van der Waals surface area (Å²) >= 11 is 0. The van der Waals surface area contributed by atoms with E-state index >= 15 is 0 Å². The van der Waals surface area contributed by atoms with Gasteiger partial charge in [0.1, 0.15) is 0 Å². The first kappa shape index (κ1) is 59.8. The smallest absolute Gasteiger partial charge is 0.0725 e. The summed E-state index contributed by atoms with van der Waals surface area (Å²) in [5.41, 5.74) is 37.6. The molecule has 0 amide bonds. The number of para-hydroxylation sites is 2. The van der Waals surface area contributed by atoms with E-state index in [-0.39, 0.29) is 10.8 Å². The highest BCUT2D eigenvalue weighted by Crippen LogP contribution is 2.63. The second kappa shape index (κ2) is 22.1. The molecule has 22 rings (SSSR count). The number of hydrogen-bond acceptors (Lipinski definition) is 0. The van der Waals surface area contributed by atoms with Gasteiger partial charge in [0.05, 0.1) is 27.5 Å². The van der Waals surface area contributed by atoms with E-state index in [0.717, 1.165) is 0 Å². The van der Waals surface area contributed by atoms with Crippen LogP contribution in [-0.2, 0) is 16.2 Å². The van der Waals surface area contributed by atoms with Crippen LogP contribution in [0.25, 0.3) is 168 Å². The molecule has 0 N–H and O–H groups in total. The van der Waals surface area contributed by atoms with Crippen molar-refractivity contribution in [2.45, 2.75) is 43.9 Å². The molecule has 0 bridgehead atoms. The standard InChI is InChI=1S/C103H70N2/c1-101(2)89-23-11-5-17-77(89)81-49-45-75(61-93(81)101)104-97-27-15-9-21-85(97)87-59-73(43-51-99(87)104)71-41-39-67-53-63(33-37-69(67)57-71)29-31-65-35-47-83-84-48-36-66(56-96(84)103(95(83)55-65)91-25-13-7-19-79(91)80-20-8-14-26-92(80)103)32-30-64-34-38-70-58-72(42-40-68(70)54-64)74-44-52-100-88(60-74)86-22-10-16-28-98(86)105(100)76-46-50-82-78-18-6-12-24-90(78)102(3,4)94(82)62-76/h5-62H,1-4H3/b31-29+,32-30+. The molecule has 18 aromatic rings. The van der Waals surface area contributed by atoms with Crippen molar-refractivity contribution < 1.29 is 0 Å². The van der Waals surface area contributed by atoms with Crippen molar-refractivity contribution >= 4 is 89.5 Å². The molecule has 2 heterocycles.